The Hall–Kier alpha value is -1.24. The molecule has 23 heavy (non-hydrogen) atoms. The fraction of sp³-hybridized carbons (Fsp3) is 0.294. The summed E-state index contributed by atoms with van der Waals surface area (Å²) in [5.41, 5.74) is 0. The lowest BCUT2D eigenvalue weighted by atomic mass is 10.1. The van der Waals surface area contributed by atoms with E-state index in [4.69, 9.17) is 0 Å². The van der Waals surface area contributed by atoms with Crippen LogP contribution < -0.4 is 0 Å². The van der Waals surface area contributed by atoms with Crippen LogP contribution in [0, 0.1) is 5.82 Å². The van der Waals surface area contributed by atoms with E-state index in [0.717, 1.165) is 44.0 Å². The third kappa shape index (κ3) is 2.84. The van der Waals surface area contributed by atoms with Crippen LogP contribution in [0.15, 0.2) is 36.4 Å². The first-order valence-electron chi connectivity index (χ1n) is 7.54. The number of hydrogen-bond acceptors (Lipinski definition) is 4. The van der Waals surface area contributed by atoms with Gasteiger partial charge in [0, 0.05) is 19.3 Å². The molecule has 1 aliphatic rings. The van der Waals surface area contributed by atoms with E-state index >= 15 is 0 Å². The maximum absolute atomic E-state index is 13.3. The molecule has 1 atom stereocenters. The van der Waals surface area contributed by atoms with Gasteiger partial charge in [-0.25, -0.2) is 12.8 Å². The minimum atomic E-state index is -3.01. The Balaban J connectivity index is 1.71. The molecule has 2 nitrogen and oxygen atoms in total. The van der Waals surface area contributed by atoms with E-state index in [2.05, 4.69) is 0 Å². The quantitative estimate of drug-likeness (QED) is 0.608. The second kappa shape index (κ2) is 5.69. The molecule has 0 amide bonds. The average Bonchev–Trinajstić information content (AvgIpc) is 3.12. The van der Waals surface area contributed by atoms with Gasteiger partial charge in [-0.1, -0.05) is 12.5 Å². The first-order valence-corrected chi connectivity index (χ1v) is 10.9. The van der Waals surface area contributed by atoms with E-state index in [9.17, 15) is 12.8 Å². The first-order chi connectivity index (χ1) is 11.0. The third-order valence-corrected chi connectivity index (χ3v) is 9.10. The first kappa shape index (κ1) is 15.3. The van der Waals surface area contributed by atoms with E-state index in [1.165, 1.54) is 6.07 Å². The number of thiophene rings is 2. The molecule has 120 valence electrons. The predicted octanol–water partition coefficient (Wildman–Crippen LogP) is 5.41. The van der Waals surface area contributed by atoms with Crippen LogP contribution in [0.5, 0.6) is 0 Å². The van der Waals surface area contributed by atoms with Crippen molar-refractivity contribution < 1.29 is 12.8 Å². The van der Waals surface area contributed by atoms with Crippen LogP contribution in [0.4, 0.5) is 4.39 Å². The second-order valence-electron chi connectivity index (χ2n) is 5.85. The second-order valence-corrected chi connectivity index (χ2v) is 10.3. The van der Waals surface area contributed by atoms with Crippen molar-refractivity contribution in [3.8, 4) is 9.75 Å². The maximum Gasteiger partial charge on any atom is 0.158 e. The van der Waals surface area contributed by atoms with Gasteiger partial charge in [0.25, 0.3) is 0 Å². The molecule has 0 N–H and O–H groups in total. The van der Waals surface area contributed by atoms with E-state index in [1.807, 2.05) is 18.2 Å². The van der Waals surface area contributed by atoms with Gasteiger partial charge in [-0.2, -0.15) is 0 Å². The van der Waals surface area contributed by atoms with Crippen molar-refractivity contribution in [3.05, 3.63) is 47.1 Å². The zero-order valence-electron chi connectivity index (χ0n) is 12.3. The van der Waals surface area contributed by atoms with Crippen molar-refractivity contribution in [2.75, 3.05) is 5.75 Å². The van der Waals surface area contributed by atoms with Gasteiger partial charge in [0.1, 0.15) is 5.82 Å². The minimum Gasteiger partial charge on any atom is -0.228 e. The molecule has 0 saturated carbocycles. The van der Waals surface area contributed by atoms with Gasteiger partial charge in [-0.15, -0.1) is 22.7 Å². The number of sulfone groups is 1. The van der Waals surface area contributed by atoms with E-state index < -0.39 is 9.84 Å². The van der Waals surface area contributed by atoms with Gasteiger partial charge in [0.05, 0.1) is 11.0 Å². The molecule has 3 aromatic rings. The Morgan fingerprint density at radius 1 is 1.00 bits per heavy atom. The summed E-state index contributed by atoms with van der Waals surface area (Å²) in [4.78, 5) is 3.06. The van der Waals surface area contributed by atoms with Crippen LogP contribution in [-0.2, 0) is 9.84 Å². The SMILES string of the molecule is O=S1(=O)CCCCC1c1ccc(-c2cc3ccc(F)cc3s2)s1. The summed E-state index contributed by atoms with van der Waals surface area (Å²) in [6, 6.07) is 10.8. The summed E-state index contributed by atoms with van der Waals surface area (Å²) in [6.07, 6.45) is 2.47. The maximum atomic E-state index is 13.3. The topological polar surface area (TPSA) is 34.1 Å². The largest absolute Gasteiger partial charge is 0.228 e. The molecule has 1 aromatic carbocycles. The van der Waals surface area contributed by atoms with Gasteiger partial charge in [0.15, 0.2) is 9.84 Å². The smallest absolute Gasteiger partial charge is 0.158 e. The van der Waals surface area contributed by atoms with Gasteiger partial charge >= 0.3 is 0 Å². The van der Waals surface area contributed by atoms with Crippen molar-refractivity contribution in [3.63, 3.8) is 0 Å². The van der Waals surface area contributed by atoms with Gasteiger partial charge in [-0.05, 0) is 48.6 Å². The highest BCUT2D eigenvalue weighted by Crippen LogP contribution is 2.42. The lowest BCUT2D eigenvalue weighted by molar-refractivity contribution is 0.548. The highest BCUT2D eigenvalue weighted by molar-refractivity contribution is 7.91. The molecule has 3 heterocycles. The molecule has 2 aromatic heterocycles. The van der Waals surface area contributed by atoms with Crippen molar-refractivity contribution in [2.45, 2.75) is 24.5 Å². The number of fused-ring (bicyclic) bond motifs is 1. The monoisotopic (exact) mass is 366 g/mol. The fourth-order valence-electron chi connectivity index (χ4n) is 3.06. The number of halogens is 1. The molecule has 1 fully saturated rings. The van der Waals surface area contributed by atoms with Crippen LogP contribution in [0.3, 0.4) is 0 Å². The van der Waals surface area contributed by atoms with Crippen LogP contribution in [-0.4, -0.2) is 14.2 Å². The predicted molar refractivity (Wildman–Crippen MR) is 95.5 cm³/mol. The minimum absolute atomic E-state index is 0.230. The van der Waals surface area contributed by atoms with Crippen LogP contribution in [0.25, 0.3) is 19.8 Å². The lowest BCUT2D eigenvalue weighted by Crippen LogP contribution is -2.20. The molecular weight excluding hydrogens is 351 g/mol. The number of hydrogen-bond donors (Lipinski definition) is 0. The van der Waals surface area contributed by atoms with E-state index in [1.54, 1.807) is 34.8 Å². The Morgan fingerprint density at radius 3 is 2.70 bits per heavy atom. The molecule has 1 saturated heterocycles. The summed E-state index contributed by atoms with van der Waals surface area (Å²) in [5, 5.41) is 0.675. The van der Waals surface area contributed by atoms with Crippen molar-refractivity contribution in [1.82, 2.24) is 0 Å². The molecular formula is C17H15FO2S3. The molecule has 1 unspecified atom stereocenters. The van der Waals surface area contributed by atoms with Crippen molar-refractivity contribution in [1.29, 1.82) is 0 Å². The molecule has 0 bridgehead atoms. The van der Waals surface area contributed by atoms with Gasteiger partial charge < -0.3 is 0 Å². The highest BCUT2D eigenvalue weighted by atomic mass is 32.2. The van der Waals surface area contributed by atoms with E-state index in [-0.39, 0.29) is 11.1 Å². The Labute approximate surface area is 142 Å². The van der Waals surface area contributed by atoms with Crippen LogP contribution >= 0.6 is 22.7 Å². The molecule has 0 aliphatic carbocycles. The Bertz CT molecular complexity index is 969. The van der Waals surface area contributed by atoms with E-state index in [0.29, 0.717) is 5.75 Å². The molecule has 0 radical (unpaired) electrons. The molecule has 4 rings (SSSR count). The normalized spacial score (nSPS) is 20.8. The zero-order chi connectivity index (χ0) is 16.0. The molecule has 0 spiro atoms. The summed E-state index contributed by atoms with van der Waals surface area (Å²) in [7, 11) is -3.01. The van der Waals surface area contributed by atoms with Crippen LogP contribution in [0.1, 0.15) is 29.4 Å². The summed E-state index contributed by atoms with van der Waals surface area (Å²) in [6.45, 7) is 0. The summed E-state index contributed by atoms with van der Waals surface area (Å²) < 4.78 is 38.8. The number of benzene rings is 1. The van der Waals surface area contributed by atoms with Crippen LogP contribution in [0.2, 0.25) is 0 Å². The van der Waals surface area contributed by atoms with Gasteiger partial charge in [-0.3, -0.25) is 0 Å². The third-order valence-electron chi connectivity index (χ3n) is 4.25. The zero-order valence-corrected chi connectivity index (χ0v) is 14.7. The fourth-order valence-corrected chi connectivity index (χ4v) is 7.68. The Morgan fingerprint density at radius 2 is 1.87 bits per heavy atom. The lowest BCUT2D eigenvalue weighted by Gasteiger charge is -2.20. The Kier molecular flexibility index (Phi) is 3.78. The molecule has 1 aliphatic heterocycles. The summed E-state index contributed by atoms with van der Waals surface area (Å²) in [5.74, 6) is 0.0682. The molecule has 6 heteroatoms. The standard InChI is InChI=1S/C17H15FO2S3/c18-12-5-4-11-9-16(22-15(11)10-12)13-6-7-14(21-13)17-3-1-2-8-23(17,19)20/h4-7,9-10,17H,1-3,8H2. The van der Waals surface area contributed by atoms with Crippen molar-refractivity contribution >= 4 is 42.6 Å². The highest BCUT2D eigenvalue weighted by Gasteiger charge is 2.31. The summed E-state index contributed by atoms with van der Waals surface area (Å²) >= 11 is 3.10. The van der Waals surface area contributed by atoms with Crippen molar-refractivity contribution in [2.24, 2.45) is 0 Å². The average molecular weight is 367 g/mol. The van der Waals surface area contributed by atoms with Gasteiger partial charge in [0.2, 0.25) is 0 Å². The number of rotatable bonds is 2.